The Bertz CT molecular complexity index is 394. The second-order valence-corrected chi connectivity index (χ2v) is 5.19. The van der Waals surface area contributed by atoms with E-state index in [4.69, 9.17) is 0 Å². The van der Waals surface area contributed by atoms with Crippen LogP contribution in [0.1, 0.15) is 38.4 Å². The lowest BCUT2D eigenvalue weighted by Crippen LogP contribution is -2.35. The summed E-state index contributed by atoms with van der Waals surface area (Å²) in [5.41, 5.74) is 2.06. The lowest BCUT2D eigenvalue weighted by molar-refractivity contribution is 0.173. The Morgan fingerprint density at radius 3 is 2.78 bits per heavy atom. The molecule has 0 saturated carbocycles. The van der Waals surface area contributed by atoms with Gasteiger partial charge in [-0.25, -0.2) is 0 Å². The number of para-hydroxylation sites is 1. The van der Waals surface area contributed by atoms with Gasteiger partial charge < -0.3 is 15.1 Å². The topological polar surface area (TPSA) is 43.7 Å². The number of rotatable bonds is 4. The second kappa shape index (κ2) is 5.72. The van der Waals surface area contributed by atoms with E-state index in [2.05, 4.69) is 17.9 Å². The predicted octanol–water partition coefficient (Wildman–Crippen LogP) is 2.34. The van der Waals surface area contributed by atoms with Gasteiger partial charge in [-0.15, -0.1) is 0 Å². The van der Waals surface area contributed by atoms with Crippen LogP contribution in [-0.4, -0.2) is 29.4 Å². The third-order valence-corrected chi connectivity index (χ3v) is 4.06. The second-order valence-electron chi connectivity index (χ2n) is 5.19. The molecule has 1 aromatic carbocycles. The third kappa shape index (κ3) is 2.38. The minimum Gasteiger partial charge on any atom is -0.394 e. The summed E-state index contributed by atoms with van der Waals surface area (Å²) in [6.45, 7) is 5.30. The molecule has 3 heteroatoms. The number of hydrogen-bond donors (Lipinski definition) is 2. The fourth-order valence-electron chi connectivity index (χ4n) is 2.84. The molecule has 2 unspecified atom stereocenters. The molecule has 0 amide bonds. The van der Waals surface area contributed by atoms with Crippen LogP contribution in [0.4, 0.5) is 5.69 Å². The van der Waals surface area contributed by atoms with Crippen molar-refractivity contribution in [2.75, 3.05) is 18.1 Å². The van der Waals surface area contributed by atoms with Crippen molar-refractivity contribution in [1.29, 1.82) is 0 Å². The summed E-state index contributed by atoms with van der Waals surface area (Å²) in [6, 6.07) is 8.18. The van der Waals surface area contributed by atoms with Crippen LogP contribution >= 0.6 is 0 Å². The predicted molar refractivity (Wildman–Crippen MR) is 73.7 cm³/mol. The molecule has 1 fully saturated rings. The summed E-state index contributed by atoms with van der Waals surface area (Å²) in [5, 5.41) is 19.7. The number of aliphatic hydroxyl groups is 2. The van der Waals surface area contributed by atoms with E-state index in [0.29, 0.717) is 12.3 Å². The Morgan fingerprint density at radius 1 is 1.39 bits per heavy atom. The van der Waals surface area contributed by atoms with Gasteiger partial charge in [0.15, 0.2) is 0 Å². The van der Waals surface area contributed by atoms with Crippen molar-refractivity contribution in [3.63, 3.8) is 0 Å². The highest BCUT2D eigenvalue weighted by Crippen LogP contribution is 2.34. The lowest BCUT2D eigenvalue weighted by Gasteiger charge is -2.30. The van der Waals surface area contributed by atoms with E-state index < -0.39 is 6.10 Å². The van der Waals surface area contributed by atoms with Crippen molar-refractivity contribution >= 4 is 5.69 Å². The Hall–Kier alpha value is -1.06. The van der Waals surface area contributed by atoms with Gasteiger partial charge in [0.05, 0.1) is 18.8 Å². The fraction of sp³-hybridized carbons (Fsp3) is 0.600. The summed E-state index contributed by atoms with van der Waals surface area (Å²) >= 11 is 0. The van der Waals surface area contributed by atoms with Crippen molar-refractivity contribution in [2.24, 2.45) is 5.92 Å². The highest BCUT2D eigenvalue weighted by Gasteiger charge is 2.32. The minimum absolute atomic E-state index is 0.176. The first-order valence-corrected chi connectivity index (χ1v) is 6.83. The van der Waals surface area contributed by atoms with Gasteiger partial charge >= 0.3 is 0 Å². The van der Waals surface area contributed by atoms with Crippen LogP contribution in [0.15, 0.2) is 24.3 Å². The number of hydrogen-bond acceptors (Lipinski definition) is 3. The molecule has 0 bridgehead atoms. The van der Waals surface area contributed by atoms with Crippen molar-refractivity contribution in [2.45, 2.75) is 38.8 Å². The number of anilines is 1. The summed E-state index contributed by atoms with van der Waals surface area (Å²) < 4.78 is 0. The molecule has 18 heavy (non-hydrogen) atoms. The Kier molecular flexibility index (Phi) is 4.25. The smallest absolute Gasteiger partial charge is 0.0807 e. The Balaban J connectivity index is 2.33. The van der Waals surface area contributed by atoms with E-state index in [-0.39, 0.29) is 12.6 Å². The van der Waals surface area contributed by atoms with Crippen molar-refractivity contribution < 1.29 is 10.2 Å². The van der Waals surface area contributed by atoms with Gasteiger partial charge in [0.2, 0.25) is 0 Å². The van der Waals surface area contributed by atoms with Crippen LogP contribution in [0.5, 0.6) is 0 Å². The monoisotopic (exact) mass is 249 g/mol. The summed E-state index contributed by atoms with van der Waals surface area (Å²) in [7, 11) is 0. The first kappa shape index (κ1) is 13.4. The minimum atomic E-state index is -0.420. The maximum absolute atomic E-state index is 10.1. The zero-order valence-corrected chi connectivity index (χ0v) is 11.2. The van der Waals surface area contributed by atoms with Crippen molar-refractivity contribution in [3.05, 3.63) is 29.8 Å². The molecule has 1 aromatic rings. The van der Waals surface area contributed by atoms with E-state index in [9.17, 15) is 10.2 Å². The zero-order chi connectivity index (χ0) is 13.1. The largest absolute Gasteiger partial charge is 0.394 e. The van der Waals surface area contributed by atoms with E-state index in [1.165, 1.54) is 0 Å². The highest BCUT2D eigenvalue weighted by molar-refractivity contribution is 5.56. The molecule has 2 rings (SSSR count). The number of nitrogens with zero attached hydrogens (tertiary/aromatic N) is 1. The zero-order valence-electron chi connectivity index (χ0n) is 11.2. The molecule has 0 aromatic heterocycles. The van der Waals surface area contributed by atoms with Crippen molar-refractivity contribution in [1.82, 2.24) is 0 Å². The first-order valence-electron chi connectivity index (χ1n) is 6.83. The average molecular weight is 249 g/mol. The van der Waals surface area contributed by atoms with Gasteiger partial charge in [0.1, 0.15) is 0 Å². The lowest BCUT2D eigenvalue weighted by atomic mass is 10.0. The summed E-state index contributed by atoms with van der Waals surface area (Å²) in [5.74, 6) is 0.502. The normalized spacial score (nSPS) is 25.4. The van der Waals surface area contributed by atoms with Crippen LogP contribution in [0, 0.1) is 5.92 Å². The molecule has 1 aliphatic heterocycles. The molecule has 2 N–H and O–H groups in total. The first-order chi connectivity index (χ1) is 8.69. The molecular formula is C15H23NO2. The SMILES string of the molecule is CC[C@H](O)c1ccccc1N1CCC(C)C1CO. The highest BCUT2D eigenvalue weighted by atomic mass is 16.3. The van der Waals surface area contributed by atoms with Crippen LogP contribution in [0.25, 0.3) is 0 Å². The number of aliphatic hydroxyl groups excluding tert-OH is 2. The number of benzene rings is 1. The van der Waals surface area contributed by atoms with Gasteiger partial charge in [-0.2, -0.15) is 0 Å². The standard InChI is InChI=1S/C15H23NO2/c1-3-15(18)12-6-4-5-7-13(12)16-9-8-11(2)14(16)10-17/h4-7,11,14-15,17-18H,3,8-10H2,1-2H3/t11?,14?,15-/m0/s1. The van der Waals surface area contributed by atoms with E-state index >= 15 is 0 Å². The van der Waals surface area contributed by atoms with Gasteiger partial charge in [0.25, 0.3) is 0 Å². The Labute approximate surface area is 109 Å². The van der Waals surface area contributed by atoms with Crippen LogP contribution in [0.3, 0.4) is 0 Å². The van der Waals surface area contributed by atoms with Crippen LogP contribution in [0.2, 0.25) is 0 Å². The molecule has 1 heterocycles. The molecule has 3 nitrogen and oxygen atoms in total. The summed E-state index contributed by atoms with van der Waals surface area (Å²) in [4.78, 5) is 2.25. The molecule has 0 aliphatic carbocycles. The molecule has 1 saturated heterocycles. The Morgan fingerprint density at radius 2 is 2.11 bits per heavy atom. The quantitative estimate of drug-likeness (QED) is 0.861. The van der Waals surface area contributed by atoms with E-state index in [1.807, 2.05) is 25.1 Å². The molecule has 100 valence electrons. The van der Waals surface area contributed by atoms with Gasteiger partial charge in [0, 0.05) is 17.8 Å². The van der Waals surface area contributed by atoms with Crippen LogP contribution in [-0.2, 0) is 0 Å². The third-order valence-electron chi connectivity index (χ3n) is 4.06. The van der Waals surface area contributed by atoms with Crippen molar-refractivity contribution in [3.8, 4) is 0 Å². The van der Waals surface area contributed by atoms with Gasteiger partial charge in [-0.3, -0.25) is 0 Å². The molecular weight excluding hydrogens is 226 g/mol. The van der Waals surface area contributed by atoms with E-state index in [0.717, 1.165) is 24.2 Å². The van der Waals surface area contributed by atoms with Gasteiger partial charge in [-0.05, 0) is 24.8 Å². The summed E-state index contributed by atoms with van der Waals surface area (Å²) in [6.07, 6.45) is 1.39. The molecule has 0 radical (unpaired) electrons. The fourth-order valence-corrected chi connectivity index (χ4v) is 2.84. The maximum Gasteiger partial charge on any atom is 0.0807 e. The van der Waals surface area contributed by atoms with E-state index in [1.54, 1.807) is 0 Å². The molecule has 3 atom stereocenters. The van der Waals surface area contributed by atoms with Crippen LogP contribution < -0.4 is 4.90 Å². The van der Waals surface area contributed by atoms with Gasteiger partial charge in [-0.1, -0.05) is 32.0 Å². The average Bonchev–Trinajstić information content (AvgIpc) is 2.78. The maximum atomic E-state index is 10.1. The molecule has 1 aliphatic rings. The molecule has 0 spiro atoms.